The summed E-state index contributed by atoms with van der Waals surface area (Å²) in [6, 6.07) is 2.74. The van der Waals surface area contributed by atoms with Gasteiger partial charge in [0.15, 0.2) is 0 Å². The molecule has 0 saturated carbocycles. The van der Waals surface area contributed by atoms with Gasteiger partial charge in [0.1, 0.15) is 0 Å². The summed E-state index contributed by atoms with van der Waals surface area (Å²) in [5.41, 5.74) is 5.28. The number of halogens is 4. The van der Waals surface area contributed by atoms with Gasteiger partial charge in [-0.2, -0.15) is 13.2 Å². The fourth-order valence-corrected chi connectivity index (χ4v) is 1.48. The van der Waals surface area contributed by atoms with Crippen LogP contribution in [0.5, 0.6) is 0 Å². The van der Waals surface area contributed by atoms with Crippen LogP contribution in [0, 0.1) is 0 Å². The number of benzene rings is 1. The lowest BCUT2D eigenvalue weighted by Gasteiger charge is -2.14. The Morgan fingerprint density at radius 3 is 2.47 bits per heavy atom. The zero-order chi connectivity index (χ0) is 11.6. The van der Waals surface area contributed by atoms with Crippen molar-refractivity contribution in [3.63, 3.8) is 0 Å². The predicted molar refractivity (Wildman–Crippen MR) is 53.7 cm³/mol. The third kappa shape index (κ3) is 2.86. The Labute approximate surface area is 91.0 Å². The Hall–Kier alpha value is -0.740. The Morgan fingerprint density at radius 2 is 2.00 bits per heavy atom. The molecule has 0 aromatic heterocycles. The second-order valence-electron chi connectivity index (χ2n) is 3.25. The molecule has 1 aromatic carbocycles. The van der Waals surface area contributed by atoms with Crippen molar-refractivity contribution in [3.05, 3.63) is 34.3 Å². The van der Waals surface area contributed by atoms with Crippen LogP contribution in [0.15, 0.2) is 18.2 Å². The lowest BCUT2D eigenvalue weighted by atomic mass is 10.0. The molecule has 0 aliphatic carbocycles. The van der Waals surface area contributed by atoms with Crippen LogP contribution in [-0.4, -0.2) is 0 Å². The quantitative estimate of drug-likeness (QED) is 0.833. The second kappa shape index (κ2) is 4.41. The molecule has 0 saturated heterocycles. The van der Waals surface area contributed by atoms with E-state index in [-0.39, 0.29) is 5.02 Å². The first-order chi connectivity index (χ1) is 6.86. The predicted octanol–water partition coefficient (Wildman–Crippen LogP) is 3.77. The molecule has 15 heavy (non-hydrogen) atoms. The van der Waals surface area contributed by atoms with Gasteiger partial charge >= 0.3 is 6.18 Å². The molecular weight excluding hydrogens is 227 g/mol. The van der Waals surface area contributed by atoms with Gasteiger partial charge in [-0.05, 0) is 30.2 Å². The maximum atomic E-state index is 12.4. The van der Waals surface area contributed by atoms with Crippen LogP contribution in [0.3, 0.4) is 0 Å². The fraction of sp³-hybridized carbons (Fsp3) is 0.400. The Balaban J connectivity index is 3.17. The van der Waals surface area contributed by atoms with Crippen molar-refractivity contribution in [1.82, 2.24) is 0 Å². The third-order valence-corrected chi connectivity index (χ3v) is 2.51. The van der Waals surface area contributed by atoms with E-state index >= 15 is 0 Å². The van der Waals surface area contributed by atoms with Gasteiger partial charge in [0, 0.05) is 11.1 Å². The zero-order valence-corrected chi connectivity index (χ0v) is 8.86. The highest BCUT2D eigenvalue weighted by atomic mass is 35.5. The summed E-state index contributed by atoms with van der Waals surface area (Å²) in [5, 5.41) is 0.275. The lowest BCUT2D eigenvalue weighted by molar-refractivity contribution is -0.137. The van der Waals surface area contributed by atoms with Gasteiger partial charge in [0.2, 0.25) is 0 Å². The van der Waals surface area contributed by atoms with Gasteiger partial charge in [0.05, 0.1) is 5.56 Å². The second-order valence-corrected chi connectivity index (χ2v) is 3.66. The first-order valence-electron chi connectivity index (χ1n) is 4.48. The molecule has 0 aliphatic rings. The summed E-state index contributed by atoms with van der Waals surface area (Å²) < 4.78 is 37.1. The van der Waals surface area contributed by atoms with E-state index < -0.39 is 17.8 Å². The normalized spacial score (nSPS) is 14.0. The van der Waals surface area contributed by atoms with E-state index in [1.165, 1.54) is 6.07 Å². The SMILES string of the molecule is CC[C@H](N)c1cc(C(F)(F)F)ccc1Cl. The van der Waals surface area contributed by atoms with Crippen LogP contribution < -0.4 is 5.73 Å². The van der Waals surface area contributed by atoms with Gasteiger partial charge in [-0.3, -0.25) is 0 Å². The minimum absolute atomic E-state index is 0.275. The van der Waals surface area contributed by atoms with E-state index in [9.17, 15) is 13.2 Å². The highest BCUT2D eigenvalue weighted by molar-refractivity contribution is 6.31. The molecule has 0 unspecified atom stereocenters. The van der Waals surface area contributed by atoms with Crippen LogP contribution >= 0.6 is 11.6 Å². The van der Waals surface area contributed by atoms with Crippen LogP contribution in [0.1, 0.15) is 30.5 Å². The average Bonchev–Trinajstić information content (AvgIpc) is 2.15. The molecule has 1 rings (SSSR count). The zero-order valence-electron chi connectivity index (χ0n) is 8.11. The molecule has 5 heteroatoms. The summed E-state index contributed by atoms with van der Waals surface area (Å²) in [6.45, 7) is 1.79. The van der Waals surface area contributed by atoms with Crippen molar-refractivity contribution in [2.75, 3.05) is 0 Å². The van der Waals surface area contributed by atoms with E-state index in [2.05, 4.69) is 0 Å². The topological polar surface area (TPSA) is 26.0 Å². The lowest BCUT2D eigenvalue weighted by Crippen LogP contribution is -2.12. The highest BCUT2D eigenvalue weighted by Crippen LogP contribution is 2.33. The van der Waals surface area contributed by atoms with Gasteiger partial charge < -0.3 is 5.73 Å². The molecule has 0 spiro atoms. The molecule has 0 amide bonds. The minimum Gasteiger partial charge on any atom is -0.324 e. The highest BCUT2D eigenvalue weighted by Gasteiger charge is 2.31. The Kier molecular flexibility index (Phi) is 3.62. The van der Waals surface area contributed by atoms with Crippen LogP contribution in [-0.2, 0) is 6.18 Å². The van der Waals surface area contributed by atoms with Gasteiger partial charge in [0.25, 0.3) is 0 Å². The smallest absolute Gasteiger partial charge is 0.324 e. The molecule has 0 bridgehead atoms. The minimum atomic E-state index is -4.35. The first kappa shape index (κ1) is 12.3. The molecule has 0 aliphatic heterocycles. The molecule has 1 nitrogen and oxygen atoms in total. The van der Waals surface area contributed by atoms with Gasteiger partial charge in [-0.15, -0.1) is 0 Å². The van der Waals surface area contributed by atoms with E-state index in [1.807, 2.05) is 0 Å². The van der Waals surface area contributed by atoms with Crippen molar-refractivity contribution in [1.29, 1.82) is 0 Å². The van der Waals surface area contributed by atoms with E-state index in [0.29, 0.717) is 12.0 Å². The molecule has 2 N–H and O–H groups in total. The van der Waals surface area contributed by atoms with Crippen molar-refractivity contribution < 1.29 is 13.2 Å². The maximum Gasteiger partial charge on any atom is 0.416 e. The molecule has 1 aromatic rings. The maximum absolute atomic E-state index is 12.4. The summed E-state index contributed by atoms with van der Waals surface area (Å²) in [6.07, 6.45) is -3.81. The van der Waals surface area contributed by atoms with Crippen LogP contribution in [0.25, 0.3) is 0 Å². The average molecular weight is 238 g/mol. The van der Waals surface area contributed by atoms with E-state index in [1.54, 1.807) is 6.92 Å². The number of alkyl halides is 3. The molecule has 0 fully saturated rings. The largest absolute Gasteiger partial charge is 0.416 e. The van der Waals surface area contributed by atoms with Crippen molar-refractivity contribution in [3.8, 4) is 0 Å². The van der Waals surface area contributed by atoms with Crippen molar-refractivity contribution in [2.45, 2.75) is 25.6 Å². The molecule has 0 heterocycles. The summed E-state index contributed by atoms with van der Waals surface area (Å²) in [7, 11) is 0. The number of hydrogen-bond acceptors (Lipinski definition) is 1. The molecular formula is C10H11ClF3N. The number of hydrogen-bond donors (Lipinski definition) is 1. The van der Waals surface area contributed by atoms with Gasteiger partial charge in [-0.1, -0.05) is 18.5 Å². The summed E-state index contributed by atoms with van der Waals surface area (Å²) in [4.78, 5) is 0. The Bertz CT molecular complexity index is 349. The van der Waals surface area contributed by atoms with E-state index in [4.69, 9.17) is 17.3 Å². The van der Waals surface area contributed by atoms with Crippen LogP contribution in [0.4, 0.5) is 13.2 Å². The fourth-order valence-electron chi connectivity index (χ4n) is 1.22. The molecule has 84 valence electrons. The number of rotatable bonds is 2. The van der Waals surface area contributed by atoms with Crippen molar-refractivity contribution >= 4 is 11.6 Å². The summed E-state index contributed by atoms with van der Waals surface area (Å²) >= 11 is 5.77. The first-order valence-corrected chi connectivity index (χ1v) is 4.86. The Morgan fingerprint density at radius 1 is 1.40 bits per heavy atom. The van der Waals surface area contributed by atoms with Crippen molar-refractivity contribution in [2.24, 2.45) is 5.73 Å². The standard InChI is InChI=1S/C10H11ClF3N/c1-2-9(15)7-5-6(10(12,13)14)3-4-8(7)11/h3-5,9H,2,15H2,1H3/t9-/m0/s1. The third-order valence-electron chi connectivity index (χ3n) is 2.16. The molecule has 0 radical (unpaired) electrons. The summed E-state index contributed by atoms with van der Waals surface area (Å²) in [5.74, 6) is 0. The van der Waals surface area contributed by atoms with E-state index in [0.717, 1.165) is 12.1 Å². The van der Waals surface area contributed by atoms with Gasteiger partial charge in [-0.25, -0.2) is 0 Å². The van der Waals surface area contributed by atoms with Crippen LogP contribution in [0.2, 0.25) is 5.02 Å². The monoisotopic (exact) mass is 237 g/mol. The number of nitrogens with two attached hydrogens (primary N) is 1. The molecule has 1 atom stereocenters.